The van der Waals surface area contributed by atoms with Gasteiger partial charge in [0.2, 0.25) is 5.88 Å². The first-order valence-electron chi connectivity index (χ1n) is 6.58. The maximum absolute atomic E-state index is 5.40. The molecule has 0 amide bonds. The third kappa shape index (κ3) is 3.84. The minimum atomic E-state index is 0.620. The number of rotatable bonds is 6. The van der Waals surface area contributed by atoms with Crippen LogP contribution in [0.1, 0.15) is 25.6 Å². The fourth-order valence-electron chi connectivity index (χ4n) is 2.07. The topological polar surface area (TPSA) is 56.3 Å². The van der Waals surface area contributed by atoms with Crippen molar-refractivity contribution in [1.82, 2.24) is 9.97 Å². The van der Waals surface area contributed by atoms with Crippen LogP contribution in [0.2, 0.25) is 0 Å². The van der Waals surface area contributed by atoms with Crippen LogP contribution in [-0.2, 0) is 4.74 Å². The quantitative estimate of drug-likeness (QED) is 0.838. The van der Waals surface area contributed by atoms with E-state index in [1.807, 2.05) is 19.9 Å². The molecule has 1 atom stereocenters. The molecular weight excluding hydrogens is 230 g/mol. The molecule has 2 rings (SSSR count). The van der Waals surface area contributed by atoms with E-state index >= 15 is 0 Å². The number of aryl methyl sites for hydroxylation is 1. The number of hydrogen-bond donors (Lipinski definition) is 1. The van der Waals surface area contributed by atoms with Crippen LogP contribution in [0.25, 0.3) is 0 Å². The van der Waals surface area contributed by atoms with Gasteiger partial charge >= 0.3 is 0 Å². The Balaban J connectivity index is 1.83. The second-order valence-electron chi connectivity index (χ2n) is 4.52. The Morgan fingerprint density at radius 2 is 2.39 bits per heavy atom. The predicted octanol–water partition coefficient (Wildman–Crippen LogP) is 2.02. The lowest BCUT2D eigenvalue weighted by molar-refractivity contribution is 0.185. The lowest BCUT2D eigenvalue weighted by Gasteiger charge is -2.10. The molecule has 1 saturated heterocycles. The van der Waals surface area contributed by atoms with Crippen LogP contribution >= 0.6 is 0 Å². The maximum Gasteiger partial charge on any atom is 0.218 e. The summed E-state index contributed by atoms with van der Waals surface area (Å²) in [5.74, 6) is 2.89. The molecule has 5 nitrogen and oxygen atoms in total. The van der Waals surface area contributed by atoms with Gasteiger partial charge in [-0.15, -0.1) is 0 Å². The minimum absolute atomic E-state index is 0.620. The van der Waals surface area contributed by atoms with Crippen molar-refractivity contribution in [2.75, 3.05) is 31.7 Å². The Morgan fingerprint density at radius 3 is 3.11 bits per heavy atom. The van der Waals surface area contributed by atoms with Crippen molar-refractivity contribution in [2.45, 2.75) is 26.7 Å². The van der Waals surface area contributed by atoms with Crippen molar-refractivity contribution >= 4 is 5.82 Å². The summed E-state index contributed by atoms with van der Waals surface area (Å²) in [7, 11) is 0. The van der Waals surface area contributed by atoms with Crippen LogP contribution in [0.5, 0.6) is 5.88 Å². The molecule has 1 N–H and O–H groups in total. The summed E-state index contributed by atoms with van der Waals surface area (Å²) in [6.45, 7) is 7.16. The molecular formula is C13H21N3O2. The molecule has 2 heterocycles. The van der Waals surface area contributed by atoms with Crippen LogP contribution in [0, 0.1) is 12.8 Å². The van der Waals surface area contributed by atoms with E-state index < -0.39 is 0 Å². The smallest absolute Gasteiger partial charge is 0.218 e. The summed E-state index contributed by atoms with van der Waals surface area (Å²) in [6.07, 6.45) is 2.29. The molecule has 0 aromatic carbocycles. The highest BCUT2D eigenvalue weighted by Crippen LogP contribution is 2.17. The Kier molecular flexibility index (Phi) is 4.75. The van der Waals surface area contributed by atoms with Crippen LogP contribution in [0.3, 0.4) is 0 Å². The normalized spacial score (nSPS) is 18.9. The highest BCUT2D eigenvalue weighted by atomic mass is 16.5. The van der Waals surface area contributed by atoms with Crippen molar-refractivity contribution < 1.29 is 9.47 Å². The first-order valence-corrected chi connectivity index (χ1v) is 6.58. The Hall–Kier alpha value is -1.36. The third-order valence-corrected chi connectivity index (χ3v) is 2.99. The molecule has 0 radical (unpaired) electrons. The van der Waals surface area contributed by atoms with Gasteiger partial charge in [0.1, 0.15) is 11.6 Å². The van der Waals surface area contributed by atoms with E-state index in [-0.39, 0.29) is 0 Å². The van der Waals surface area contributed by atoms with E-state index in [0.29, 0.717) is 18.4 Å². The fraction of sp³-hybridized carbons (Fsp3) is 0.692. The van der Waals surface area contributed by atoms with Crippen molar-refractivity contribution in [3.8, 4) is 5.88 Å². The molecule has 18 heavy (non-hydrogen) atoms. The van der Waals surface area contributed by atoms with Crippen LogP contribution < -0.4 is 10.1 Å². The molecule has 5 heteroatoms. The van der Waals surface area contributed by atoms with Crippen molar-refractivity contribution in [1.29, 1.82) is 0 Å². The number of nitrogens with one attached hydrogen (secondary N) is 1. The van der Waals surface area contributed by atoms with E-state index in [1.165, 1.54) is 6.42 Å². The third-order valence-electron chi connectivity index (χ3n) is 2.99. The van der Waals surface area contributed by atoms with Gasteiger partial charge in [-0.05, 0) is 32.6 Å². The van der Waals surface area contributed by atoms with Gasteiger partial charge in [0.25, 0.3) is 0 Å². The van der Waals surface area contributed by atoms with Gasteiger partial charge in [0.15, 0.2) is 0 Å². The molecule has 0 bridgehead atoms. The van der Waals surface area contributed by atoms with Crippen LogP contribution in [-0.4, -0.2) is 36.3 Å². The van der Waals surface area contributed by atoms with E-state index in [4.69, 9.17) is 9.47 Å². The number of aromatic nitrogens is 2. The van der Waals surface area contributed by atoms with E-state index in [0.717, 1.165) is 37.8 Å². The second-order valence-corrected chi connectivity index (χ2v) is 4.52. The van der Waals surface area contributed by atoms with Crippen LogP contribution in [0.15, 0.2) is 6.07 Å². The van der Waals surface area contributed by atoms with Crippen LogP contribution in [0.4, 0.5) is 5.82 Å². The lowest BCUT2D eigenvalue weighted by Crippen LogP contribution is -2.11. The molecule has 1 aliphatic rings. The van der Waals surface area contributed by atoms with Crippen molar-refractivity contribution in [2.24, 2.45) is 5.92 Å². The van der Waals surface area contributed by atoms with Gasteiger partial charge in [0, 0.05) is 25.8 Å². The summed E-state index contributed by atoms with van der Waals surface area (Å²) in [6, 6.07) is 1.85. The van der Waals surface area contributed by atoms with Gasteiger partial charge in [-0.25, -0.2) is 4.98 Å². The van der Waals surface area contributed by atoms with Gasteiger partial charge < -0.3 is 14.8 Å². The minimum Gasteiger partial charge on any atom is -0.478 e. The van der Waals surface area contributed by atoms with Crippen molar-refractivity contribution in [3.05, 3.63) is 11.9 Å². The second kappa shape index (κ2) is 6.54. The molecule has 0 spiro atoms. The van der Waals surface area contributed by atoms with Gasteiger partial charge in [-0.2, -0.15) is 4.98 Å². The Labute approximate surface area is 108 Å². The number of nitrogens with zero attached hydrogens (tertiary/aromatic N) is 2. The molecule has 1 unspecified atom stereocenters. The molecule has 1 aromatic heterocycles. The highest BCUT2D eigenvalue weighted by molar-refractivity contribution is 5.38. The van der Waals surface area contributed by atoms with E-state index in [2.05, 4.69) is 15.3 Å². The van der Waals surface area contributed by atoms with Gasteiger partial charge in [-0.3, -0.25) is 0 Å². The maximum atomic E-state index is 5.40. The van der Waals surface area contributed by atoms with Crippen molar-refractivity contribution in [3.63, 3.8) is 0 Å². The zero-order valence-corrected chi connectivity index (χ0v) is 11.1. The Morgan fingerprint density at radius 1 is 1.50 bits per heavy atom. The largest absolute Gasteiger partial charge is 0.478 e. The van der Waals surface area contributed by atoms with E-state index in [9.17, 15) is 0 Å². The van der Waals surface area contributed by atoms with E-state index in [1.54, 1.807) is 0 Å². The highest BCUT2D eigenvalue weighted by Gasteiger charge is 2.14. The average Bonchev–Trinajstić information content (AvgIpc) is 2.82. The number of ether oxygens (including phenoxy) is 2. The zero-order valence-electron chi connectivity index (χ0n) is 11.1. The molecule has 0 saturated carbocycles. The summed E-state index contributed by atoms with van der Waals surface area (Å²) >= 11 is 0. The molecule has 100 valence electrons. The molecule has 1 aromatic rings. The SMILES string of the molecule is CCOc1cc(NCCC2CCOC2)nc(C)n1. The van der Waals surface area contributed by atoms with Gasteiger partial charge in [0.05, 0.1) is 6.61 Å². The zero-order chi connectivity index (χ0) is 12.8. The number of hydrogen-bond acceptors (Lipinski definition) is 5. The summed E-state index contributed by atoms with van der Waals surface area (Å²) in [5.41, 5.74) is 0. The first kappa shape index (κ1) is 13.1. The first-order chi connectivity index (χ1) is 8.78. The fourth-order valence-corrected chi connectivity index (χ4v) is 2.07. The standard InChI is InChI=1S/C13H21N3O2/c1-3-18-13-8-12(15-10(2)16-13)14-6-4-11-5-7-17-9-11/h8,11H,3-7,9H2,1-2H3,(H,14,15,16). The average molecular weight is 251 g/mol. The molecule has 0 aliphatic carbocycles. The lowest BCUT2D eigenvalue weighted by atomic mass is 10.1. The summed E-state index contributed by atoms with van der Waals surface area (Å²) in [5, 5.41) is 3.32. The predicted molar refractivity (Wildman–Crippen MR) is 70.0 cm³/mol. The molecule has 1 aliphatic heterocycles. The molecule has 1 fully saturated rings. The Bertz CT molecular complexity index is 378. The monoisotopic (exact) mass is 251 g/mol. The summed E-state index contributed by atoms with van der Waals surface area (Å²) < 4.78 is 10.8. The van der Waals surface area contributed by atoms with Gasteiger partial charge in [-0.1, -0.05) is 0 Å². The number of anilines is 1. The summed E-state index contributed by atoms with van der Waals surface area (Å²) in [4.78, 5) is 8.56.